The molecule has 94 valence electrons. The summed E-state index contributed by atoms with van der Waals surface area (Å²) in [5, 5.41) is 0.0620. The minimum absolute atomic E-state index is 0.0620. The monoisotopic (exact) mass is 268 g/mol. The van der Waals surface area contributed by atoms with Crippen LogP contribution in [0.4, 0.5) is 8.78 Å². The van der Waals surface area contributed by atoms with E-state index >= 15 is 0 Å². The van der Waals surface area contributed by atoms with E-state index in [2.05, 4.69) is 0 Å². The molecule has 0 amide bonds. The molecule has 0 aliphatic heterocycles. The summed E-state index contributed by atoms with van der Waals surface area (Å²) in [4.78, 5) is 0. The fraction of sp³-hybridized carbons (Fsp3) is 0.143. The van der Waals surface area contributed by atoms with Crippen molar-refractivity contribution in [3.63, 3.8) is 0 Å². The van der Waals surface area contributed by atoms with Gasteiger partial charge >= 0.3 is 0 Å². The third-order valence-electron chi connectivity index (χ3n) is 2.52. The number of ether oxygens (including phenoxy) is 1. The van der Waals surface area contributed by atoms with Crippen molar-refractivity contribution >= 4 is 11.6 Å². The van der Waals surface area contributed by atoms with Gasteiger partial charge in [-0.3, -0.25) is 0 Å². The number of hydrogen-bond acceptors (Lipinski definition) is 1. The normalized spacial score (nSPS) is 10.4. The number of halogens is 3. The number of rotatable bonds is 3. The van der Waals surface area contributed by atoms with Crippen LogP contribution in [0, 0.1) is 18.6 Å². The lowest BCUT2D eigenvalue weighted by Gasteiger charge is -2.09. The lowest BCUT2D eigenvalue weighted by Crippen LogP contribution is -1.97. The van der Waals surface area contributed by atoms with Gasteiger partial charge in [0.15, 0.2) is 0 Å². The van der Waals surface area contributed by atoms with Gasteiger partial charge in [0.05, 0.1) is 5.02 Å². The van der Waals surface area contributed by atoms with Crippen LogP contribution in [0.5, 0.6) is 5.75 Å². The van der Waals surface area contributed by atoms with E-state index in [0.29, 0.717) is 11.3 Å². The van der Waals surface area contributed by atoms with Crippen molar-refractivity contribution < 1.29 is 13.5 Å². The predicted molar refractivity (Wildman–Crippen MR) is 66.9 cm³/mol. The fourth-order valence-corrected chi connectivity index (χ4v) is 1.77. The maximum atomic E-state index is 13.0. The molecular weight excluding hydrogens is 258 g/mol. The molecule has 0 heterocycles. The molecule has 0 bridgehead atoms. The zero-order valence-corrected chi connectivity index (χ0v) is 10.5. The first-order valence-electron chi connectivity index (χ1n) is 5.39. The first kappa shape index (κ1) is 12.8. The molecule has 2 aromatic rings. The van der Waals surface area contributed by atoms with E-state index in [1.54, 1.807) is 19.1 Å². The zero-order valence-electron chi connectivity index (χ0n) is 9.71. The highest BCUT2D eigenvalue weighted by Gasteiger charge is 2.04. The molecule has 0 spiro atoms. The Morgan fingerprint density at radius 1 is 1.11 bits per heavy atom. The van der Waals surface area contributed by atoms with Gasteiger partial charge in [-0.1, -0.05) is 17.7 Å². The standard InChI is InChI=1S/C14H11ClF2O/c1-9-6-11(16)3-5-14(9)18-8-10-2-4-13(17)12(15)7-10/h2-7H,8H2,1H3. The van der Waals surface area contributed by atoms with Crippen LogP contribution in [0.15, 0.2) is 36.4 Å². The summed E-state index contributed by atoms with van der Waals surface area (Å²) >= 11 is 5.67. The van der Waals surface area contributed by atoms with Gasteiger partial charge in [-0.05, 0) is 48.4 Å². The summed E-state index contributed by atoms with van der Waals surface area (Å²) in [5.41, 5.74) is 1.47. The van der Waals surface area contributed by atoms with Crippen molar-refractivity contribution in [2.75, 3.05) is 0 Å². The number of benzene rings is 2. The van der Waals surface area contributed by atoms with Crippen LogP contribution in [-0.4, -0.2) is 0 Å². The molecule has 0 unspecified atom stereocenters. The van der Waals surface area contributed by atoms with E-state index in [-0.39, 0.29) is 17.4 Å². The van der Waals surface area contributed by atoms with E-state index in [0.717, 1.165) is 5.56 Å². The Labute approximate surface area is 109 Å². The van der Waals surface area contributed by atoms with Crippen molar-refractivity contribution in [1.82, 2.24) is 0 Å². The van der Waals surface area contributed by atoms with Crippen molar-refractivity contribution in [3.8, 4) is 5.75 Å². The molecule has 0 N–H and O–H groups in total. The molecule has 0 fully saturated rings. The smallest absolute Gasteiger partial charge is 0.141 e. The van der Waals surface area contributed by atoms with Crippen LogP contribution in [0.1, 0.15) is 11.1 Å². The summed E-state index contributed by atoms with van der Waals surface area (Å²) in [6, 6.07) is 8.69. The highest BCUT2D eigenvalue weighted by atomic mass is 35.5. The second-order valence-corrected chi connectivity index (χ2v) is 4.35. The lowest BCUT2D eigenvalue weighted by molar-refractivity contribution is 0.303. The Morgan fingerprint density at radius 2 is 1.89 bits per heavy atom. The number of hydrogen-bond donors (Lipinski definition) is 0. The van der Waals surface area contributed by atoms with Crippen molar-refractivity contribution in [2.24, 2.45) is 0 Å². The van der Waals surface area contributed by atoms with E-state index in [9.17, 15) is 8.78 Å². The van der Waals surface area contributed by atoms with Gasteiger partial charge < -0.3 is 4.74 Å². The van der Waals surface area contributed by atoms with Gasteiger partial charge in [-0.25, -0.2) is 8.78 Å². The molecule has 4 heteroatoms. The first-order chi connectivity index (χ1) is 8.56. The maximum Gasteiger partial charge on any atom is 0.141 e. The van der Waals surface area contributed by atoms with Gasteiger partial charge in [-0.15, -0.1) is 0 Å². The van der Waals surface area contributed by atoms with Crippen molar-refractivity contribution in [1.29, 1.82) is 0 Å². The van der Waals surface area contributed by atoms with Crippen LogP contribution in [-0.2, 0) is 6.61 Å². The summed E-state index contributed by atoms with van der Waals surface area (Å²) < 4.78 is 31.4. The topological polar surface area (TPSA) is 9.23 Å². The molecule has 0 aliphatic rings. The molecule has 0 radical (unpaired) electrons. The minimum Gasteiger partial charge on any atom is -0.489 e. The van der Waals surface area contributed by atoms with Crippen LogP contribution in [0.2, 0.25) is 5.02 Å². The molecular formula is C14H11ClF2O. The summed E-state index contributed by atoms with van der Waals surface area (Å²) in [6.45, 7) is 2.02. The largest absolute Gasteiger partial charge is 0.489 e. The Bertz CT molecular complexity index is 570. The quantitative estimate of drug-likeness (QED) is 0.796. The van der Waals surface area contributed by atoms with E-state index in [1.165, 1.54) is 24.3 Å². The van der Waals surface area contributed by atoms with Crippen LogP contribution < -0.4 is 4.74 Å². The van der Waals surface area contributed by atoms with E-state index in [4.69, 9.17) is 16.3 Å². The first-order valence-corrected chi connectivity index (χ1v) is 5.77. The van der Waals surface area contributed by atoms with Crippen LogP contribution in [0.3, 0.4) is 0 Å². The van der Waals surface area contributed by atoms with Crippen LogP contribution in [0.25, 0.3) is 0 Å². The summed E-state index contributed by atoms with van der Waals surface area (Å²) in [7, 11) is 0. The van der Waals surface area contributed by atoms with Gasteiger partial charge in [0, 0.05) is 0 Å². The lowest BCUT2D eigenvalue weighted by atomic mass is 10.2. The van der Waals surface area contributed by atoms with Crippen molar-refractivity contribution in [3.05, 3.63) is 64.2 Å². The van der Waals surface area contributed by atoms with Gasteiger partial charge in [0.25, 0.3) is 0 Å². The Kier molecular flexibility index (Phi) is 3.82. The maximum absolute atomic E-state index is 13.0. The molecule has 1 nitrogen and oxygen atoms in total. The minimum atomic E-state index is -0.460. The highest BCUT2D eigenvalue weighted by molar-refractivity contribution is 6.30. The SMILES string of the molecule is Cc1cc(F)ccc1OCc1ccc(F)c(Cl)c1. The zero-order chi connectivity index (χ0) is 13.1. The van der Waals surface area contributed by atoms with E-state index in [1.807, 2.05) is 0 Å². The molecule has 0 saturated carbocycles. The van der Waals surface area contributed by atoms with Crippen LogP contribution >= 0.6 is 11.6 Å². The molecule has 0 aliphatic carbocycles. The Morgan fingerprint density at radius 3 is 2.56 bits per heavy atom. The van der Waals surface area contributed by atoms with Gasteiger partial charge in [0.2, 0.25) is 0 Å². The highest BCUT2D eigenvalue weighted by Crippen LogP contribution is 2.21. The third kappa shape index (κ3) is 2.99. The number of aryl methyl sites for hydroxylation is 1. The molecule has 0 aromatic heterocycles. The second kappa shape index (κ2) is 5.36. The molecule has 2 rings (SSSR count). The predicted octanol–water partition coefficient (Wildman–Crippen LogP) is 4.51. The second-order valence-electron chi connectivity index (χ2n) is 3.95. The van der Waals surface area contributed by atoms with Gasteiger partial charge in [-0.2, -0.15) is 0 Å². The molecule has 0 saturated heterocycles. The third-order valence-corrected chi connectivity index (χ3v) is 2.80. The summed E-state index contributed by atoms with van der Waals surface area (Å²) in [5.74, 6) is -0.167. The fourth-order valence-electron chi connectivity index (χ4n) is 1.57. The Hall–Kier alpha value is -1.61. The molecule has 18 heavy (non-hydrogen) atoms. The van der Waals surface area contributed by atoms with E-state index < -0.39 is 5.82 Å². The molecule has 0 atom stereocenters. The average Bonchev–Trinajstić information content (AvgIpc) is 2.32. The average molecular weight is 269 g/mol. The summed E-state index contributed by atoms with van der Waals surface area (Å²) in [6.07, 6.45) is 0. The Balaban J connectivity index is 2.09. The van der Waals surface area contributed by atoms with Gasteiger partial charge in [0.1, 0.15) is 24.0 Å². The van der Waals surface area contributed by atoms with Crippen molar-refractivity contribution in [2.45, 2.75) is 13.5 Å². The molecule has 2 aromatic carbocycles.